The molecule has 0 N–H and O–H groups in total. The lowest BCUT2D eigenvalue weighted by Crippen LogP contribution is -2.51. The Kier molecular flexibility index (Phi) is 2.56. The third-order valence-electron chi connectivity index (χ3n) is 5.74. The van der Waals surface area contributed by atoms with Crippen LogP contribution in [0.1, 0.15) is 39.5 Å². The highest BCUT2D eigenvalue weighted by Gasteiger charge is 2.55. The number of rotatable bonds is 1. The fourth-order valence-corrected chi connectivity index (χ4v) is 4.65. The average molecular weight is 224 g/mol. The maximum absolute atomic E-state index is 6.03. The Bertz CT molecular complexity index is 278. The van der Waals surface area contributed by atoms with Crippen LogP contribution >= 0.6 is 0 Å². The molecule has 2 aliphatic carbocycles. The highest BCUT2D eigenvalue weighted by molar-refractivity contribution is 5.04. The van der Waals surface area contributed by atoms with Gasteiger partial charge in [-0.1, -0.05) is 13.8 Å². The van der Waals surface area contributed by atoms with E-state index < -0.39 is 0 Å². The summed E-state index contributed by atoms with van der Waals surface area (Å²) in [5, 5.41) is 0. The number of ether oxygens (including phenoxy) is 2. The Hall–Kier alpha value is -0.0800. The summed E-state index contributed by atoms with van der Waals surface area (Å²) in [4.78, 5) is 0. The highest BCUT2D eigenvalue weighted by atomic mass is 16.5. The lowest BCUT2D eigenvalue weighted by molar-refractivity contribution is -0.116. The molecule has 92 valence electrons. The Morgan fingerprint density at radius 1 is 1.31 bits per heavy atom. The molecule has 2 saturated carbocycles. The van der Waals surface area contributed by atoms with Crippen molar-refractivity contribution >= 4 is 0 Å². The molecular weight excluding hydrogens is 200 g/mol. The van der Waals surface area contributed by atoms with Crippen LogP contribution in [0, 0.1) is 23.2 Å². The largest absolute Gasteiger partial charge is 0.381 e. The molecule has 0 aromatic carbocycles. The van der Waals surface area contributed by atoms with Crippen LogP contribution in [0.15, 0.2) is 0 Å². The molecule has 0 aromatic rings. The minimum atomic E-state index is 0.432. The zero-order valence-electron chi connectivity index (χ0n) is 10.7. The number of hydrogen-bond acceptors (Lipinski definition) is 2. The summed E-state index contributed by atoms with van der Waals surface area (Å²) >= 11 is 0. The molecule has 1 heterocycles. The molecule has 1 unspecified atom stereocenters. The van der Waals surface area contributed by atoms with E-state index in [1.54, 1.807) is 0 Å². The highest BCUT2D eigenvalue weighted by Crippen LogP contribution is 2.57. The van der Waals surface area contributed by atoms with Gasteiger partial charge in [0.15, 0.2) is 0 Å². The van der Waals surface area contributed by atoms with E-state index in [1.165, 1.54) is 25.7 Å². The molecule has 1 saturated heterocycles. The second-order valence-corrected chi connectivity index (χ2v) is 6.44. The second kappa shape index (κ2) is 3.71. The summed E-state index contributed by atoms with van der Waals surface area (Å²) in [6.45, 7) is 5.87. The van der Waals surface area contributed by atoms with Crippen LogP contribution in [0.2, 0.25) is 0 Å². The standard InChI is InChI=1S/C14H24O2/c1-9-11-6-10-7-13(16-8-10)14(11,2)5-4-12(9)15-3/h9-13H,4-8H2,1-3H3/t9-,10+,11-,12?,13+,14-/m0/s1. The zero-order chi connectivity index (χ0) is 11.3. The Morgan fingerprint density at radius 2 is 2.12 bits per heavy atom. The molecule has 0 radical (unpaired) electrons. The van der Waals surface area contributed by atoms with Gasteiger partial charge in [-0.3, -0.25) is 0 Å². The van der Waals surface area contributed by atoms with Gasteiger partial charge < -0.3 is 9.47 Å². The maximum atomic E-state index is 6.03. The first-order chi connectivity index (χ1) is 7.65. The Morgan fingerprint density at radius 3 is 2.88 bits per heavy atom. The van der Waals surface area contributed by atoms with Crippen LogP contribution < -0.4 is 0 Å². The van der Waals surface area contributed by atoms with Gasteiger partial charge in [-0.25, -0.2) is 0 Å². The quantitative estimate of drug-likeness (QED) is 0.682. The van der Waals surface area contributed by atoms with Gasteiger partial charge in [-0.05, 0) is 48.9 Å². The third-order valence-corrected chi connectivity index (χ3v) is 5.74. The number of fused-ring (bicyclic) bond motifs is 4. The predicted molar refractivity (Wildman–Crippen MR) is 63.3 cm³/mol. The van der Waals surface area contributed by atoms with E-state index in [-0.39, 0.29) is 0 Å². The molecule has 0 aromatic heterocycles. The smallest absolute Gasteiger partial charge is 0.0635 e. The third kappa shape index (κ3) is 1.39. The van der Waals surface area contributed by atoms with Crippen LogP contribution in [0.4, 0.5) is 0 Å². The normalized spacial score (nSPS) is 56.1. The van der Waals surface area contributed by atoms with Crippen molar-refractivity contribution in [3.05, 3.63) is 0 Å². The van der Waals surface area contributed by atoms with Gasteiger partial charge in [-0.15, -0.1) is 0 Å². The van der Waals surface area contributed by atoms with Gasteiger partial charge in [0.1, 0.15) is 0 Å². The SMILES string of the molecule is COC1CC[C@]2(C)[C@H]3C[C@H](CO3)C[C@H]2[C@@H]1C. The average Bonchev–Trinajstić information content (AvgIpc) is 2.69. The van der Waals surface area contributed by atoms with E-state index in [9.17, 15) is 0 Å². The minimum absolute atomic E-state index is 0.432. The number of hydrogen-bond donors (Lipinski definition) is 0. The zero-order valence-corrected chi connectivity index (χ0v) is 10.7. The minimum Gasteiger partial charge on any atom is -0.381 e. The fraction of sp³-hybridized carbons (Fsp3) is 1.00. The second-order valence-electron chi connectivity index (χ2n) is 6.44. The topological polar surface area (TPSA) is 18.5 Å². The van der Waals surface area contributed by atoms with E-state index in [4.69, 9.17) is 9.47 Å². The van der Waals surface area contributed by atoms with Crippen LogP contribution in [0.25, 0.3) is 0 Å². The molecule has 6 atom stereocenters. The van der Waals surface area contributed by atoms with Crippen LogP contribution in [0.5, 0.6) is 0 Å². The van der Waals surface area contributed by atoms with Gasteiger partial charge in [0.25, 0.3) is 0 Å². The molecule has 0 amide bonds. The first-order valence-electron chi connectivity index (χ1n) is 6.79. The molecule has 3 fully saturated rings. The van der Waals surface area contributed by atoms with Crippen molar-refractivity contribution in [2.24, 2.45) is 23.2 Å². The molecule has 2 nitrogen and oxygen atoms in total. The molecule has 3 aliphatic rings. The van der Waals surface area contributed by atoms with E-state index in [0.29, 0.717) is 23.5 Å². The monoisotopic (exact) mass is 224 g/mol. The molecule has 2 bridgehead atoms. The van der Waals surface area contributed by atoms with Crippen molar-refractivity contribution in [1.29, 1.82) is 0 Å². The van der Waals surface area contributed by atoms with Gasteiger partial charge >= 0.3 is 0 Å². The van der Waals surface area contributed by atoms with Crippen molar-refractivity contribution in [2.45, 2.75) is 51.7 Å². The summed E-state index contributed by atoms with van der Waals surface area (Å²) in [6.07, 6.45) is 6.21. The Balaban J connectivity index is 1.87. The first kappa shape index (κ1) is 11.0. The van der Waals surface area contributed by atoms with Crippen molar-refractivity contribution in [1.82, 2.24) is 0 Å². The predicted octanol–water partition coefficient (Wildman–Crippen LogP) is 2.86. The molecular formula is C14H24O2. The Labute approximate surface area is 98.7 Å². The summed E-state index contributed by atoms with van der Waals surface area (Å²) < 4.78 is 11.7. The van der Waals surface area contributed by atoms with Gasteiger partial charge in [0.05, 0.1) is 12.2 Å². The van der Waals surface area contributed by atoms with Crippen molar-refractivity contribution in [2.75, 3.05) is 13.7 Å². The molecule has 3 rings (SSSR count). The van der Waals surface area contributed by atoms with Crippen LogP contribution in [-0.2, 0) is 9.47 Å². The molecule has 2 heteroatoms. The summed E-state index contributed by atoms with van der Waals surface area (Å²) in [5.41, 5.74) is 0.432. The first-order valence-corrected chi connectivity index (χ1v) is 6.79. The molecule has 1 aliphatic heterocycles. The van der Waals surface area contributed by atoms with E-state index in [0.717, 1.165) is 18.4 Å². The van der Waals surface area contributed by atoms with E-state index in [1.807, 2.05) is 7.11 Å². The lowest BCUT2D eigenvalue weighted by atomic mass is 9.54. The summed E-state index contributed by atoms with van der Waals surface area (Å²) in [5.74, 6) is 2.36. The van der Waals surface area contributed by atoms with Crippen molar-refractivity contribution in [3.8, 4) is 0 Å². The van der Waals surface area contributed by atoms with Gasteiger partial charge in [0, 0.05) is 13.7 Å². The fourth-order valence-electron chi connectivity index (χ4n) is 4.65. The van der Waals surface area contributed by atoms with Crippen molar-refractivity contribution < 1.29 is 9.47 Å². The van der Waals surface area contributed by atoms with Gasteiger partial charge in [-0.2, -0.15) is 0 Å². The lowest BCUT2D eigenvalue weighted by Gasteiger charge is -2.53. The van der Waals surface area contributed by atoms with E-state index in [2.05, 4.69) is 13.8 Å². The van der Waals surface area contributed by atoms with Crippen molar-refractivity contribution in [3.63, 3.8) is 0 Å². The summed E-state index contributed by atoms with van der Waals surface area (Å²) in [7, 11) is 1.87. The molecule has 16 heavy (non-hydrogen) atoms. The number of methoxy groups -OCH3 is 1. The van der Waals surface area contributed by atoms with Crippen LogP contribution in [0.3, 0.4) is 0 Å². The van der Waals surface area contributed by atoms with E-state index >= 15 is 0 Å². The molecule has 0 spiro atoms. The summed E-state index contributed by atoms with van der Waals surface area (Å²) in [6, 6.07) is 0. The van der Waals surface area contributed by atoms with Crippen LogP contribution in [-0.4, -0.2) is 25.9 Å². The maximum Gasteiger partial charge on any atom is 0.0635 e. The van der Waals surface area contributed by atoms with Gasteiger partial charge in [0.2, 0.25) is 0 Å².